The third kappa shape index (κ3) is 4.42. The van der Waals surface area contributed by atoms with Gasteiger partial charge in [-0.2, -0.15) is 0 Å². The first-order valence-electron chi connectivity index (χ1n) is 8.91. The normalized spacial score (nSPS) is 15.6. The Balaban J connectivity index is 1.79. The maximum atomic E-state index is 13.3. The minimum Gasteiger partial charge on any atom is -0.493 e. The Bertz CT molecular complexity index is 760. The van der Waals surface area contributed by atoms with Crippen LogP contribution in [0.25, 0.3) is 0 Å². The van der Waals surface area contributed by atoms with E-state index < -0.39 is 5.97 Å². The van der Waals surface area contributed by atoms with Gasteiger partial charge in [-0.1, -0.05) is 48.5 Å². The molecule has 136 valence electrons. The predicted molar refractivity (Wildman–Crippen MR) is 98.0 cm³/mol. The number of hydrogen-bond donors (Lipinski definition) is 1. The molecule has 1 N–H and O–H groups in total. The number of hydrogen-bond acceptors (Lipinski definition) is 3. The molecule has 0 saturated heterocycles. The second kappa shape index (κ2) is 8.52. The van der Waals surface area contributed by atoms with Crippen molar-refractivity contribution < 1.29 is 19.4 Å². The zero-order valence-corrected chi connectivity index (χ0v) is 14.6. The highest BCUT2D eigenvalue weighted by atomic mass is 16.5. The van der Waals surface area contributed by atoms with Crippen LogP contribution in [0.1, 0.15) is 36.3 Å². The van der Waals surface area contributed by atoms with E-state index in [4.69, 9.17) is 9.84 Å². The number of ether oxygens (including phenoxy) is 1. The van der Waals surface area contributed by atoms with Crippen LogP contribution in [-0.4, -0.2) is 35.0 Å². The lowest BCUT2D eigenvalue weighted by Gasteiger charge is -2.31. The molecular formula is C21H23NO4. The molecule has 5 nitrogen and oxygen atoms in total. The van der Waals surface area contributed by atoms with Gasteiger partial charge >= 0.3 is 5.97 Å². The van der Waals surface area contributed by atoms with Gasteiger partial charge in [0.2, 0.25) is 5.91 Å². The molecule has 1 heterocycles. The molecule has 0 fully saturated rings. The summed E-state index contributed by atoms with van der Waals surface area (Å²) in [7, 11) is 0. The van der Waals surface area contributed by atoms with Gasteiger partial charge in [0.15, 0.2) is 0 Å². The summed E-state index contributed by atoms with van der Waals surface area (Å²) in [6.07, 6.45) is 1.14. The van der Waals surface area contributed by atoms with E-state index in [0.717, 1.165) is 16.9 Å². The van der Waals surface area contributed by atoms with Gasteiger partial charge in [-0.3, -0.25) is 9.59 Å². The molecule has 1 aliphatic heterocycles. The lowest BCUT2D eigenvalue weighted by Crippen LogP contribution is -2.37. The Morgan fingerprint density at radius 3 is 2.58 bits per heavy atom. The highest BCUT2D eigenvalue weighted by Crippen LogP contribution is 2.34. The summed E-state index contributed by atoms with van der Waals surface area (Å²) in [5.74, 6) is -0.278. The zero-order chi connectivity index (χ0) is 18.4. The average molecular weight is 353 g/mol. The van der Waals surface area contributed by atoms with E-state index in [2.05, 4.69) is 0 Å². The SMILES string of the molecule is O=C(O)CCCN(Cc1ccccc1)C(=O)C1CCOc2ccccc21. The van der Waals surface area contributed by atoms with E-state index in [9.17, 15) is 9.59 Å². The minimum absolute atomic E-state index is 0.0370. The van der Waals surface area contributed by atoms with Crippen LogP contribution in [0, 0.1) is 0 Å². The Labute approximate surface area is 153 Å². The first-order chi connectivity index (χ1) is 12.6. The highest BCUT2D eigenvalue weighted by Gasteiger charge is 2.30. The quantitative estimate of drug-likeness (QED) is 0.828. The molecule has 0 saturated carbocycles. The molecule has 2 aromatic carbocycles. The molecule has 1 amide bonds. The number of rotatable bonds is 7. The molecular weight excluding hydrogens is 330 g/mol. The zero-order valence-electron chi connectivity index (χ0n) is 14.6. The van der Waals surface area contributed by atoms with Gasteiger partial charge in [-0.25, -0.2) is 0 Å². The maximum absolute atomic E-state index is 13.3. The first kappa shape index (κ1) is 18.0. The molecule has 3 rings (SSSR count). The van der Waals surface area contributed by atoms with Crippen molar-refractivity contribution in [3.63, 3.8) is 0 Å². The number of para-hydroxylation sites is 1. The number of aliphatic carboxylic acids is 1. The third-order valence-electron chi connectivity index (χ3n) is 4.60. The molecule has 0 bridgehead atoms. The van der Waals surface area contributed by atoms with Crippen LogP contribution in [0.15, 0.2) is 54.6 Å². The van der Waals surface area contributed by atoms with Crippen molar-refractivity contribution in [3.05, 3.63) is 65.7 Å². The number of fused-ring (bicyclic) bond motifs is 1. The molecule has 0 radical (unpaired) electrons. The number of carbonyl (C=O) groups is 2. The van der Waals surface area contributed by atoms with E-state index in [-0.39, 0.29) is 18.2 Å². The molecule has 0 aromatic heterocycles. The van der Waals surface area contributed by atoms with Crippen molar-refractivity contribution in [3.8, 4) is 5.75 Å². The lowest BCUT2D eigenvalue weighted by molar-refractivity contribution is -0.138. The molecule has 26 heavy (non-hydrogen) atoms. The van der Waals surface area contributed by atoms with E-state index in [1.54, 1.807) is 4.90 Å². The monoisotopic (exact) mass is 353 g/mol. The Hall–Kier alpha value is -2.82. The van der Waals surface area contributed by atoms with Crippen LogP contribution in [0.3, 0.4) is 0 Å². The van der Waals surface area contributed by atoms with Crippen molar-refractivity contribution >= 4 is 11.9 Å². The van der Waals surface area contributed by atoms with E-state index in [1.807, 2.05) is 54.6 Å². The van der Waals surface area contributed by atoms with Gasteiger partial charge in [-0.15, -0.1) is 0 Å². The van der Waals surface area contributed by atoms with Gasteiger partial charge in [0.25, 0.3) is 0 Å². The van der Waals surface area contributed by atoms with Gasteiger partial charge in [0.05, 0.1) is 12.5 Å². The van der Waals surface area contributed by atoms with E-state index >= 15 is 0 Å². The first-order valence-corrected chi connectivity index (χ1v) is 8.91. The third-order valence-corrected chi connectivity index (χ3v) is 4.60. The fourth-order valence-corrected chi connectivity index (χ4v) is 3.31. The molecule has 0 aliphatic carbocycles. The van der Waals surface area contributed by atoms with Crippen LogP contribution in [-0.2, 0) is 16.1 Å². The number of carboxylic acids is 1. The maximum Gasteiger partial charge on any atom is 0.303 e. The topological polar surface area (TPSA) is 66.8 Å². The Morgan fingerprint density at radius 1 is 1.08 bits per heavy atom. The molecule has 5 heteroatoms. The molecule has 2 aromatic rings. The largest absolute Gasteiger partial charge is 0.493 e. The highest BCUT2D eigenvalue weighted by molar-refractivity contribution is 5.85. The standard InChI is InChI=1S/C21H23NO4/c23-20(24)11-6-13-22(15-16-7-2-1-3-8-16)21(25)18-12-14-26-19-10-5-4-9-17(18)19/h1-5,7-10,18H,6,11-15H2,(H,23,24). The van der Waals surface area contributed by atoms with Crippen molar-refractivity contribution in [2.75, 3.05) is 13.2 Å². The second-order valence-electron chi connectivity index (χ2n) is 6.47. The summed E-state index contributed by atoms with van der Waals surface area (Å²) < 4.78 is 5.67. The van der Waals surface area contributed by atoms with E-state index in [1.165, 1.54) is 0 Å². The lowest BCUT2D eigenvalue weighted by atomic mass is 9.91. The number of carboxylic acid groups (broad SMARTS) is 1. The van der Waals surface area contributed by atoms with Crippen LogP contribution in [0.4, 0.5) is 0 Å². The van der Waals surface area contributed by atoms with Crippen molar-refractivity contribution in [1.82, 2.24) is 4.90 Å². The number of amides is 1. The van der Waals surface area contributed by atoms with Gasteiger partial charge in [0.1, 0.15) is 5.75 Å². The number of benzene rings is 2. The van der Waals surface area contributed by atoms with Crippen LogP contribution in [0.5, 0.6) is 5.75 Å². The Morgan fingerprint density at radius 2 is 1.81 bits per heavy atom. The number of carbonyl (C=O) groups excluding carboxylic acids is 1. The van der Waals surface area contributed by atoms with Crippen molar-refractivity contribution in [2.24, 2.45) is 0 Å². The van der Waals surface area contributed by atoms with Crippen LogP contribution in [0.2, 0.25) is 0 Å². The second-order valence-corrected chi connectivity index (χ2v) is 6.47. The fourth-order valence-electron chi connectivity index (χ4n) is 3.31. The minimum atomic E-state index is -0.839. The molecule has 0 spiro atoms. The summed E-state index contributed by atoms with van der Waals surface area (Å²) in [4.78, 5) is 25.9. The van der Waals surface area contributed by atoms with Gasteiger partial charge in [0, 0.05) is 25.1 Å². The average Bonchev–Trinajstić information content (AvgIpc) is 2.67. The van der Waals surface area contributed by atoms with Crippen molar-refractivity contribution in [2.45, 2.75) is 31.7 Å². The smallest absolute Gasteiger partial charge is 0.303 e. The number of nitrogens with zero attached hydrogens (tertiary/aromatic N) is 1. The Kier molecular flexibility index (Phi) is 5.89. The van der Waals surface area contributed by atoms with Crippen LogP contribution >= 0.6 is 0 Å². The van der Waals surface area contributed by atoms with E-state index in [0.29, 0.717) is 32.5 Å². The molecule has 1 aliphatic rings. The van der Waals surface area contributed by atoms with Crippen LogP contribution < -0.4 is 4.74 Å². The predicted octanol–water partition coefficient (Wildman–Crippen LogP) is 3.45. The summed E-state index contributed by atoms with van der Waals surface area (Å²) in [5.41, 5.74) is 1.96. The molecule has 1 atom stereocenters. The summed E-state index contributed by atoms with van der Waals surface area (Å²) in [6.45, 7) is 1.43. The molecule has 1 unspecified atom stereocenters. The van der Waals surface area contributed by atoms with Gasteiger partial charge < -0.3 is 14.7 Å². The fraction of sp³-hybridized carbons (Fsp3) is 0.333. The summed E-state index contributed by atoms with van der Waals surface area (Å²) >= 11 is 0. The van der Waals surface area contributed by atoms with Gasteiger partial charge in [-0.05, 0) is 24.5 Å². The summed E-state index contributed by atoms with van der Waals surface area (Å²) in [6, 6.07) is 17.4. The van der Waals surface area contributed by atoms with Crippen molar-refractivity contribution in [1.29, 1.82) is 0 Å². The summed E-state index contributed by atoms with van der Waals surface area (Å²) in [5, 5.41) is 8.91.